The topological polar surface area (TPSA) is 42.1 Å². The number of carbonyl (C=O) groups is 1. The van der Waals surface area contributed by atoms with Crippen LogP contribution in [0.25, 0.3) is 10.9 Å². The quantitative estimate of drug-likeness (QED) is 0.679. The molecule has 16 heavy (non-hydrogen) atoms. The van der Waals surface area contributed by atoms with Crippen molar-refractivity contribution < 1.29 is 9.53 Å². The summed E-state index contributed by atoms with van der Waals surface area (Å²) in [5, 5.41) is 1.07. The largest absolute Gasteiger partial charge is 0.461 e. The highest BCUT2D eigenvalue weighted by molar-refractivity contribution is 14.1. The zero-order chi connectivity index (χ0) is 11.7. The number of hydrogen-bond donors (Lipinski definition) is 1. The van der Waals surface area contributed by atoms with E-state index in [-0.39, 0.29) is 5.97 Å². The third-order valence-corrected chi connectivity index (χ3v) is 3.49. The molecule has 0 aliphatic rings. The maximum absolute atomic E-state index is 11.7. The van der Waals surface area contributed by atoms with Crippen molar-refractivity contribution in [3.05, 3.63) is 33.0 Å². The van der Waals surface area contributed by atoms with E-state index in [1.807, 2.05) is 19.1 Å². The van der Waals surface area contributed by atoms with Crippen LogP contribution in [0.5, 0.6) is 0 Å². The molecule has 0 atom stereocenters. The zero-order valence-corrected chi connectivity index (χ0v) is 11.3. The SMILES string of the molecule is CCOC(=O)c1[nH]c2ccc(C)cc2c1I. The van der Waals surface area contributed by atoms with E-state index in [4.69, 9.17) is 4.74 Å². The molecule has 0 saturated carbocycles. The Morgan fingerprint density at radius 1 is 1.50 bits per heavy atom. The number of carbonyl (C=O) groups excluding carboxylic acids is 1. The fourth-order valence-electron chi connectivity index (χ4n) is 1.62. The summed E-state index contributed by atoms with van der Waals surface area (Å²) in [4.78, 5) is 14.8. The van der Waals surface area contributed by atoms with Gasteiger partial charge >= 0.3 is 5.97 Å². The smallest absolute Gasteiger partial charge is 0.355 e. The highest BCUT2D eigenvalue weighted by atomic mass is 127. The minimum atomic E-state index is -0.291. The van der Waals surface area contributed by atoms with Crippen molar-refractivity contribution in [2.75, 3.05) is 6.61 Å². The van der Waals surface area contributed by atoms with Gasteiger partial charge in [-0.05, 0) is 48.6 Å². The van der Waals surface area contributed by atoms with Gasteiger partial charge in [-0.25, -0.2) is 4.79 Å². The maximum Gasteiger partial charge on any atom is 0.355 e. The van der Waals surface area contributed by atoms with E-state index >= 15 is 0 Å². The molecule has 0 aliphatic carbocycles. The molecule has 0 unspecified atom stereocenters. The van der Waals surface area contributed by atoms with Crippen molar-refractivity contribution in [1.82, 2.24) is 4.98 Å². The normalized spacial score (nSPS) is 10.7. The standard InChI is InChI=1S/C12H12INO2/c1-3-16-12(15)11-10(13)8-6-7(2)4-5-9(8)14-11/h4-6,14H,3H2,1-2H3. The molecule has 0 bridgehead atoms. The van der Waals surface area contributed by atoms with Crippen LogP contribution in [0, 0.1) is 10.5 Å². The lowest BCUT2D eigenvalue weighted by Crippen LogP contribution is -2.06. The summed E-state index contributed by atoms with van der Waals surface area (Å²) < 4.78 is 5.92. The van der Waals surface area contributed by atoms with E-state index in [1.165, 1.54) is 5.56 Å². The van der Waals surface area contributed by atoms with Crippen molar-refractivity contribution in [3.63, 3.8) is 0 Å². The van der Waals surface area contributed by atoms with Crippen molar-refractivity contribution >= 4 is 39.5 Å². The number of aromatic amines is 1. The monoisotopic (exact) mass is 329 g/mol. The van der Waals surface area contributed by atoms with Gasteiger partial charge in [-0.3, -0.25) is 0 Å². The fraction of sp³-hybridized carbons (Fsp3) is 0.250. The van der Waals surface area contributed by atoms with Gasteiger partial charge in [-0.1, -0.05) is 11.6 Å². The number of ether oxygens (including phenoxy) is 1. The minimum Gasteiger partial charge on any atom is -0.461 e. The summed E-state index contributed by atoms with van der Waals surface area (Å²) in [6.45, 7) is 4.23. The summed E-state index contributed by atoms with van der Waals surface area (Å²) in [6, 6.07) is 6.07. The van der Waals surface area contributed by atoms with Crippen LogP contribution >= 0.6 is 22.6 Å². The number of rotatable bonds is 2. The Morgan fingerprint density at radius 3 is 2.94 bits per heavy atom. The highest BCUT2D eigenvalue weighted by Crippen LogP contribution is 2.25. The summed E-state index contributed by atoms with van der Waals surface area (Å²) in [5.41, 5.74) is 2.70. The van der Waals surface area contributed by atoms with Crippen LogP contribution in [-0.4, -0.2) is 17.6 Å². The molecule has 0 spiro atoms. The number of H-pyrrole nitrogens is 1. The molecule has 0 radical (unpaired) electrons. The molecule has 0 fully saturated rings. The molecule has 3 nitrogen and oxygen atoms in total. The van der Waals surface area contributed by atoms with E-state index in [0.717, 1.165) is 14.5 Å². The Balaban J connectivity index is 2.56. The van der Waals surface area contributed by atoms with Crippen LogP contribution in [0.2, 0.25) is 0 Å². The third-order valence-electron chi connectivity index (χ3n) is 2.37. The number of nitrogens with one attached hydrogen (secondary N) is 1. The molecule has 2 rings (SSSR count). The second kappa shape index (κ2) is 4.45. The lowest BCUT2D eigenvalue weighted by Gasteiger charge is -1.98. The predicted octanol–water partition coefficient (Wildman–Crippen LogP) is 3.26. The molecule has 4 heteroatoms. The molecule has 0 aliphatic heterocycles. The Hall–Kier alpha value is -1.04. The molecule has 1 aromatic carbocycles. The molecular formula is C12H12INO2. The number of hydrogen-bond acceptors (Lipinski definition) is 2. The lowest BCUT2D eigenvalue weighted by molar-refractivity contribution is 0.0519. The lowest BCUT2D eigenvalue weighted by atomic mass is 10.2. The van der Waals surface area contributed by atoms with Gasteiger partial charge in [0.25, 0.3) is 0 Å². The van der Waals surface area contributed by atoms with Crippen LogP contribution in [0.4, 0.5) is 0 Å². The number of aryl methyl sites for hydroxylation is 1. The predicted molar refractivity (Wildman–Crippen MR) is 71.7 cm³/mol. The van der Waals surface area contributed by atoms with Crippen molar-refractivity contribution in [1.29, 1.82) is 0 Å². The zero-order valence-electron chi connectivity index (χ0n) is 9.13. The van der Waals surface area contributed by atoms with Crippen molar-refractivity contribution in [3.8, 4) is 0 Å². The molecule has 2 aromatic rings. The van der Waals surface area contributed by atoms with Gasteiger partial charge in [0.1, 0.15) is 5.69 Å². The van der Waals surface area contributed by atoms with Gasteiger partial charge in [0.05, 0.1) is 10.2 Å². The van der Waals surface area contributed by atoms with Gasteiger partial charge < -0.3 is 9.72 Å². The minimum absolute atomic E-state index is 0.291. The first-order valence-electron chi connectivity index (χ1n) is 5.08. The molecule has 0 amide bonds. The summed E-state index contributed by atoms with van der Waals surface area (Å²) in [7, 11) is 0. The van der Waals surface area contributed by atoms with Gasteiger partial charge in [0, 0.05) is 10.9 Å². The second-order valence-electron chi connectivity index (χ2n) is 3.58. The summed E-state index contributed by atoms with van der Waals surface area (Å²) >= 11 is 2.17. The molecule has 84 valence electrons. The Labute approximate surface area is 107 Å². The van der Waals surface area contributed by atoms with E-state index in [9.17, 15) is 4.79 Å². The molecule has 0 saturated heterocycles. The Bertz CT molecular complexity index is 545. The Kier molecular flexibility index (Phi) is 3.18. The van der Waals surface area contributed by atoms with E-state index in [0.29, 0.717) is 12.3 Å². The first kappa shape index (κ1) is 11.4. The summed E-state index contributed by atoms with van der Waals surface area (Å²) in [6.07, 6.45) is 0. The molecule has 1 aromatic heterocycles. The average Bonchev–Trinajstić information content (AvgIpc) is 2.57. The van der Waals surface area contributed by atoms with Crippen LogP contribution in [0.1, 0.15) is 23.0 Å². The average molecular weight is 329 g/mol. The molecule has 1 N–H and O–H groups in total. The van der Waals surface area contributed by atoms with E-state index < -0.39 is 0 Å². The molecule has 1 heterocycles. The number of fused-ring (bicyclic) bond motifs is 1. The third kappa shape index (κ3) is 1.93. The van der Waals surface area contributed by atoms with Gasteiger partial charge in [-0.15, -0.1) is 0 Å². The number of aromatic nitrogens is 1. The van der Waals surface area contributed by atoms with Crippen LogP contribution in [0.15, 0.2) is 18.2 Å². The number of esters is 1. The van der Waals surface area contributed by atoms with Crippen LogP contribution in [0.3, 0.4) is 0 Å². The number of halogens is 1. The van der Waals surface area contributed by atoms with E-state index in [2.05, 4.69) is 33.6 Å². The van der Waals surface area contributed by atoms with Crippen molar-refractivity contribution in [2.45, 2.75) is 13.8 Å². The van der Waals surface area contributed by atoms with Crippen molar-refractivity contribution in [2.24, 2.45) is 0 Å². The number of benzene rings is 1. The second-order valence-corrected chi connectivity index (χ2v) is 4.66. The highest BCUT2D eigenvalue weighted by Gasteiger charge is 2.16. The van der Waals surface area contributed by atoms with Crippen LogP contribution < -0.4 is 0 Å². The Morgan fingerprint density at radius 2 is 2.25 bits per heavy atom. The molecular weight excluding hydrogens is 317 g/mol. The first-order valence-corrected chi connectivity index (χ1v) is 6.16. The van der Waals surface area contributed by atoms with Gasteiger partial charge in [-0.2, -0.15) is 0 Å². The fourth-order valence-corrected chi connectivity index (χ4v) is 2.42. The van der Waals surface area contributed by atoms with Crippen LogP contribution in [-0.2, 0) is 4.74 Å². The summed E-state index contributed by atoms with van der Waals surface area (Å²) in [5.74, 6) is -0.291. The first-order chi connectivity index (χ1) is 7.63. The van der Waals surface area contributed by atoms with Gasteiger partial charge in [0.2, 0.25) is 0 Å². The van der Waals surface area contributed by atoms with Gasteiger partial charge in [0.15, 0.2) is 0 Å². The van der Waals surface area contributed by atoms with E-state index in [1.54, 1.807) is 6.92 Å². The maximum atomic E-state index is 11.7.